The first-order valence-electron chi connectivity index (χ1n) is 6.48. The minimum atomic E-state index is 0.00588. The fraction of sp³-hybridized carbons (Fsp3) is 0.235. The Morgan fingerprint density at radius 2 is 1.79 bits per heavy atom. The SMILES string of the molecule is CC(C)c1cccc(C(=O)COc2ccccc2)c1. The average Bonchev–Trinajstić information content (AvgIpc) is 2.46. The maximum atomic E-state index is 12.1. The number of ketones is 1. The van der Waals surface area contributed by atoms with E-state index in [0.717, 1.165) is 5.75 Å². The molecule has 0 N–H and O–H groups in total. The highest BCUT2D eigenvalue weighted by Gasteiger charge is 2.08. The molecule has 0 saturated carbocycles. The van der Waals surface area contributed by atoms with Gasteiger partial charge in [0.05, 0.1) is 0 Å². The Kier molecular flexibility index (Phi) is 4.35. The van der Waals surface area contributed by atoms with Gasteiger partial charge in [0.15, 0.2) is 12.4 Å². The van der Waals surface area contributed by atoms with E-state index in [-0.39, 0.29) is 12.4 Å². The van der Waals surface area contributed by atoms with E-state index in [9.17, 15) is 4.79 Å². The number of hydrogen-bond donors (Lipinski definition) is 0. The summed E-state index contributed by atoms with van der Waals surface area (Å²) in [6.45, 7) is 4.31. The van der Waals surface area contributed by atoms with Crippen LogP contribution in [0.3, 0.4) is 0 Å². The number of rotatable bonds is 5. The number of para-hydroxylation sites is 1. The number of Topliss-reactive ketones (excluding diaryl/α,β-unsaturated/α-hetero) is 1. The van der Waals surface area contributed by atoms with Crippen molar-refractivity contribution in [2.24, 2.45) is 0 Å². The molecule has 0 aliphatic rings. The summed E-state index contributed by atoms with van der Waals surface area (Å²) in [6.07, 6.45) is 0. The molecule has 2 aromatic rings. The summed E-state index contributed by atoms with van der Waals surface area (Å²) < 4.78 is 5.47. The molecule has 2 aromatic carbocycles. The molecule has 0 amide bonds. The largest absolute Gasteiger partial charge is 0.485 e. The zero-order valence-corrected chi connectivity index (χ0v) is 11.3. The highest BCUT2D eigenvalue weighted by molar-refractivity contribution is 5.97. The first kappa shape index (κ1) is 13.3. The predicted octanol–water partition coefficient (Wildman–Crippen LogP) is 4.07. The summed E-state index contributed by atoms with van der Waals surface area (Å²) in [6, 6.07) is 17.1. The van der Waals surface area contributed by atoms with Gasteiger partial charge in [-0.1, -0.05) is 50.2 Å². The van der Waals surface area contributed by atoms with Crippen LogP contribution in [0.1, 0.15) is 35.7 Å². The molecule has 2 nitrogen and oxygen atoms in total. The number of hydrogen-bond acceptors (Lipinski definition) is 2. The average molecular weight is 254 g/mol. The Hall–Kier alpha value is -2.09. The third kappa shape index (κ3) is 3.68. The summed E-state index contributed by atoms with van der Waals surface area (Å²) in [7, 11) is 0. The zero-order valence-electron chi connectivity index (χ0n) is 11.3. The van der Waals surface area contributed by atoms with Crippen LogP contribution in [-0.4, -0.2) is 12.4 Å². The molecule has 0 heterocycles. The third-order valence-corrected chi connectivity index (χ3v) is 2.99. The minimum absolute atomic E-state index is 0.00588. The smallest absolute Gasteiger partial charge is 0.200 e. The van der Waals surface area contributed by atoms with Gasteiger partial charge < -0.3 is 4.74 Å². The predicted molar refractivity (Wildman–Crippen MR) is 76.8 cm³/mol. The van der Waals surface area contributed by atoms with Crippen molar-refractivity contribution in [1.82, 2.24) is 0 Å². The van der Waals surface area contributed by atoms with Crippen LogP contribution in [0, 0.1) is 0 Å². The fourth-order valence-corrected chi connectivity index (χ4v) is 1.82. The van der Waals surface area contributed by atoms with Gasteiger partial charge in [0.1, 0.15) is 5.75 Å². The van der Waals surface area contributed by atoms with Crippen molar-refractivity contribution < 1.29 is 9.53 Å². The lowest BCUT2D eigenvalue weighted by Crippen LogP contribution is -2.11. The van der Waals surface area contributed by atoms with Crippen LogP contribution in [-0.2, 0) is 0 Å². The van der Waals surface area contributed by atoms with E-state index in [4.69, 9.17) is 4.74 Å². The summed E-state index contributed by atoms with van der Waals surface area (Å²) in [5.74, 6) is 1.14. The second-order valence-electron chi connectivity index (χ2n) is 4.81. The fourth-order valence-electron chi connectivity index (χ4n) is 1.82. The van der Waals surface area contributed by atoms with E-state index in [0.29, 0.717) is 11.5 Å². The van der Waals surface area contributed by atoms with E-state index in [1.807, 2.05) is 54.6 Å². The zero-order chi connectivity index (χ0) is 13.7. The van der Waals surface area contributed by atoms with Crippen LogP contribution in [0.25, 0.3) is 0 Å². The van der Waals surface area contributed by atoms with Gasteiger partial charge in [0.2, 0.25) is 0 Å². The maximum Gasteiger partial charge on any atom is 0.200 e. The Bertz CT molecular complexity index is 544. The molecular formula is C17H18O2. The lowest BCUT2D eigenvalue weighted by atomic mass is 9.99. The van der Waals surface area contributed by atoms with Crippen LogP contribution in [0.5, 0.6) is 5.75 Å². The third-order valence-electron chi connectivity index (χ3n) is 2.99. The minimum Gasteiger partial charge on any atom is -0.485 e. The van der Waals surface area contributed by atoms with Crippen molar-refractivity contribution in [2.45, 2.75) is 19.8 Å². The van der Waals surface area contributed by atoms with Gasteiger partial charge in [-0.3, -0.25) is 4.79 Å². The monoisotopic (exact) mass is 254 g/mol. The molecule has 0 atom stereocenters. The van der Waals surface area contributed by atoms with Crippen LogP contribution in [0.2, 0.25) is 0 Å². The van der Waals surface area contributed by atoms with Crippen LogP contribution >= 0.6 is 0 Å². The highest BCUT2D eigenvalue weighted by atomic mass is 16.5. The van der Waals surface area contributed by atoms with Crippen molar-refractivity contribution in [3.05, 3.63) is 65.7 Å². The number of carbonyl (C=O) groups excluding carboxylic acids is 1. The maximum absolute atomic E-state index is 12.1. The molecule has 2 heteroatoms. The molecule has 0 aliphatic heterocycles. The molecule has 0 radical (unpaired) electrons. The van der Waals surface area contributed by atoms with Gasteiger partial charge in [-0.05, 0) is 29.7 Å². The van der Waals surface area contributed by atoms with Crippen molar-refractivity contribution in [3.63, 3.8) is 0 Å². The Morgan fingerprint density at radius 1 is 1.05 bits per heavy atom. The van der Waals surface area contributed by atoms with Crippen LogP contribution in [0.15, 0.2) is 54.6 Å². The van der Waals surface area contributed by atoms with E-state index < -0.39 is 0 Å². The molecular weight excluding hydrogens is 236 g/mol. The molecule has 0 aliphatic carbocycles. The summed E-state index contributed by atoms with van der Waals surface area (Å²) in [5, 5.41) is 0. The first-order chi connectivity index (χ1) is 9.16. The van der Waals surface area contributed by atoms with Gasteiger partial charge in [-0.25, -0.2) is 0 Å². The quantitative estimate of drug-likeness (QED) is 0.752. The van der Waals surface area contributed by atoms with Gasteiger partial charge in [0.25, 0.3) is 0 Å². The molecule has 0 fully saturated rings. The second-order valence-corrected chi connectivity index (χ2v) is 4.81. The molecule has 2 rings (SSSR count). The van der Waals surface area contributed by atoms with Crippen molar-refractivity contribution in [2.75, 3.05) is 6.61 Å². The van der Waals surface area contributed by atoms with Crippen molar-refractivity contribution in [1.29, 1.82) is 0 Å². The Balaban J connectivity index is 2.02. The van der Waals surface area contributed by atoms with E-state index in [1.165, 1.54) is 5.56 Å². The first-order valence-corrected chi connectivity index (χ1v) is 6.48. The van der Waals surface area contributed by atoms with Gasteiger partial charge >= 0.3 is 0 Å². The molecule has 19 heavy (non-hydrogen) atoms. The molecule has 0 saturated heterocycles. The Morgan fingerprint density at radius 3 is 2.47 bits per heavy atom. The standard InChI is InChI=1S/C17H18O2/c1-13(2)14-7-6-8-15(11-14)17(18)12-19-16-9-4-3-5-10-16/h3-11,13H,12H2,1-2H3. The lowest BCUT2D eigenvalue weighted by Gasteiger charge is -2.08. The Labute approximate surface area is 114 Å². The van der Waals surface area contributed by atoms with Crippen LogP contribution in [0.4, 0.5) is 0 Å². The second kappa shape index (κ2) is 6.19. The topological polar surface area (TPSA) is 26.3 Å². The van der Waals surface area contributed by atoms with Gasteiger partial charge in [-0.15, -0.1) is 0 Å². The van der Waals surface area contributed by atoms with Crippen molar-refractivity contribution in [3.8, 4) is 5.75 Å². The number of carbonyl (C=O) groups is 1. The van der Waals surface area contributed by atoms with Crippen LogP contribution < -0.4 is 4.74 Å². The molecule has 0 aromatic heterocycles. The number of ether oxygens (including phenoxy) is 1. The van der Waals surface area contributed by atoms with E-state index in [1.54, 1.807) is 0 Å². The molecule has 98 valence electrons. The lowest BCUT2D eigenvalue weighted by molar-refractivity contribution is 0.0921. The van der Waals surface area contributed by atoms with E-state index in [2.05, 4.69) is 13.8 Å². The molecule has 0 spiro atoms. The van der Waals surface area contributed by atoms with E-state index >= 15 is 0 Å². The molecule has 0 bridgehead atoms. The summed E-state index contributed by atoms with van der Waals surface area (Å²) in [4.78, 5) is 12.1. The number of benzene rings is 2. The normalized spacial score (nSPS) is 10.5. The summed E-state index contributed by atoms with van der Waals surface area (Å²) >= 11 is 0. The van der Waals surface area contributed by atoms with Crippen molar-refractivity contribution >= 4 is 5.78 Å². The van der Waals surface area contributed by atoms with Gasteiger partial charge in [0, 0.05) is 5.56 Å². The summed E-state index contributed by atoms with van der Waals surface area (Å²) in [5.41, 5.74) is 1.88. The van der Waals surface area contributed by atoms with Gasteiger partial charge in [-0.2, -0.15) is 0 Å². The highest BCUT2D eigenvalue weighted by Crippen LogP contribution is 2.16. The molecule has 0 unspecified atom stereocenters.